The first-order chi connectivity index (χ1) is 8.08. The number of carbonyl (C=O) groups excluding carboxylic acids is 1. The molecule has 1 amide bonds. The molecule has 1 aromatic carbocycles. The molecule has 4 N–H and O–H groups in total. The second-order valence-electron chi connectivity index (χ2n) is 3.61. The molecular weight excluding hydrogens is 240 g/mol. The van der Waals surface area contributed by atoms with Gasteiger partial charge in [0, 0.05) is 10.7 Å². The van der Waals surface area contributed by atoms with E-state index in [-0.39, 0.29) is 11.6 Å². The van der Waals surface area contributed by atoms with Gasteiger partial charge in [-0.2, -0.15) is 5.10 Å². The van der Waals surface area contributed by atoms with Crippen LogP contribution in [0.4, 0.5) is 11.4 Å². The predicted octanol–water partition coefficient (Wildman–Crippen LogP) is 2.21. The number of nitrogens with two attached hydrogens (primary N) is 1. The largest absolute Gasteiger partial charge is 0.396 e. The summed E-state index contributed by atoms with van der Waals surface area (Å²) < 4.78 is 0. The second-order valence-corrected chi connectivity index (χ2v) is 4.05. The van der Waals surface area contributed by atoms with Crippen LogP contribution in [0.1, 0.15) is 16.1 Å². The molecule has 88 valence electrons. The number of rotatable bonds is 2. The number of hydrogen-bond acceptors (Lipinski definition) is 3. The molecule has 0 aliphatic rings. The Balaban J connectivity index is 2.22. The van der Waals surface area contributed by atoms with Crippen LogP contribution in [-0.4, -0.2) is 16.1 Å². The van der Waals surface area contributed by atoms with Gasteiger partial charge in [0.1, 0.15) is 5.69 Å². The fourth-order valence-electron chi connectivity index (χ4n) is 1.43. The van der Waals surface area contributed by atoms with Gasteiger partial charge in [0.05, 0.1) is 11.9 Å². The van der Waals surface area contributed by atoms with Crippen molar-refractivity contribution in [1.82, 2.24) is 10.2 Å². The van der Waals surface area contributed by atoms with Crippen molar-refractivity contribution in [2.75, 3.05) is 11.1 Å². The van der Waals surface area contributed by atoms with Crippen LogP contribution in [0.3, 0.4) is 0 Å². The van der Waals surface area contributed by atoms with E-state index in [0.29, 0.717) is 16.4 Å². The lowest BCUT2D eigenvalue weighted by atomic mass is 10.2. The van der Waals surface area contributed by atoms with Crippen molar-refractivity contribution in [2.45, 2.75) is 6.92 Å². The SMILES string of the molecule is Cc1cc(Cl)ccc1NC(=O)c1[nH]ncc1N. The van der Waals surface area contributed by atoms with Crippen LogP contribution in [0.5, 0.6) is 0 Å². The minimum atomic E-state index is -0.328. The van der Waals surface area contributed by atoms with Crippen LogP contribution in [-0.2, 0) is 0 Å². The molecule has 2 aromatic rings. The Morgan fingerprint density at radius 1 is 1.53 bits per heavy atom. The fraction of sp³-hybridized carbons (Fsp3) is 0.0909. The monoisotopic (exact) mass is 250 g/mol. The lowest BCUT2D eigenvalue weighted by Crippen LogP contribution is -2.14. The Bertz CT molecular complexity index is 564. The topological polar surface area (TPSA) is 83.8 Å². The quantitative estimate of drug-likeness (QED) is 0.764. The Labute approximate surface area is 103 Å². The van der Waals surface area contributed by atoms with Crippen LogP contribution < -0.4 is 11.1 Å². The summed E-state index contributed by atoms with van der Waals surface area (Å²) >= 11 is 5.83. The zero-order valence-electron chi connectivity index (χ0n) is 9.12. The maximum absolute atomic E-state index is 11.8. The first-order valence-corrected chi connectivity index (χ1v) is 5.32. The lowest BCUT2D eigenvalue weighted by Gasteiger charge is -2.07. The highest BCUT2D eigenvalue weighted by Crippen LogP contribution is 2.20. The van der Waals surface area contributed by atoms with Gasteiger partial charge in [0.2, 0.25) is 0 Å². The third-order valence-corrected chi connectivity index (χ3v) is 2.57. The van der Waals surface area contributed by atoms with E-state index in [1.165, 1.54) is 6.20 Å². The average Bonchev–Trinajstić information content (AvgIpc) is 2.68. The zero-order chi connectivity index (χ0) is 12.4. The number of hydrogen-bond donors (Lipinski definition) is 3. The lowest BCUT2D eigenvalue weighted by molar-refractivity contribution is 0.102. The van der Waals surface area contributed by atoms with Crippen molar-refractivity contribution in [2.24, 2.45) is 0 Å². The van der Waals surface area contributed by atoms with Crippen LogP contribution in [0.2, 0.25) is 5.02 Å². The Kier molecular flexibility index (Phi) is 3.01. The van der Waals surface area contributed by atoms with E-state index in [0.717, 1.165) is 5.56 Å². The second kappa shape index (κ2) is 4.47. The van der Waals surface area contributed by atoms with E-state index in [2.05, 4.69) is 15.5 Å². The molecule has 0 fully saturated rings. The molecule has 2 rings (SSSR count). The Hall–Kier alpha value is -2.01. The van der Waals surface area contributed by atoms with Crippen LogP contribution in [0.25, 0.3) is 0 Å². The summed E-state index contributed by atoms with van der Waals surface area (Å²) in [6.45, 7) is 1.86. The molecule has 0 saturated heterocycles. The van der Waals surface area contributed by atoms with E-state index >= 15 is 0 Å². The molecule has 0 aliphatic carbocycles. The number of benzene rings is 1. The molecule has 1 heterocycles. The van der Waals surface area contributed by atoms with E-state index in [4.69, 9.17) is 17.3 Å². The van der Waals surface area contributed by atoms with Gasteiger partial charge in [-0.05, 0) is 30.7 Å². The summed E-state index contributed by atoms with van der Waals surface area (Å²) in [6, 6.07) is 5.22. The van der Waals surface area contributed by atoms with Gasteiger partial charge in [0.25, 0.3) is 5.91 Å². The predicted molar refractivity (Wildman–Crippen MR) is 67.1 cm³/mol. The average molecular weight is 251 g/mol. The van der Waals surface area contributed by atoms with Gasteiger partial charge in [-0.25, -0.2) is 0 Å². The number of halogens is 1. The van der Waals surface area contributed by atoms with Crippen molar-refractivity contribution in [3.63, 3.8) is 0 Å². The number of anilines is 2. The maximum Gasteiger partial charge on any atom is 0.275 e. The Morgan fingerprint density at radius 3 is 2.88 bits per heavy atom. The third-order valence-electron chi connectivity index (χ3n) is 2.33. The van der Waals surface area contributed by atoms with Gasteiger partial charge < -0.3 is 11.1 Å². The molecule has 0 aliphatic heterocycles. The number of carbonyl (C=O) groups is 1. The van der Waals surface area contributed by atoms with Gasteiger partial charge in [-0.1, -0.05) is 11.6 Å². The van der Waals surface area contributed by atoms with E-state index in [1.807, 2.05) is 6.92 Å². The first-order valence-electron chi connectivity index (χ1n) is 4.94. The highest BCUT2D eigenvalue weighted by molar-refractivity contribution is 6.30. The summed E-state index contributed by atoms with van der Waals surface area (Å²) in [4.78, 5) is 11.8. The minimum Gasteiger partial charge on any atom is -0.396 e. The van der Waals surface area contributed by atoms with Crippen molar-refractivity contribution in [3.05, 3.63) is 40.7 Å². The summed E-state index contributed by atoms with van der Waals surface area (Å²) in [7, 11) is 0. The molecule has 0 bridgehead atoms. The molecule has 6 heteroatoms. The number of nitrogens with zero attached hydrogens (tertiary/aromatic N) is 1. The summed E-state index contributed by atoms with van der Waals surface area (Å²) in [5, 5.41) is 9.59. The zero-order valence-corrected chi connectivity index (χ0v) is 9.88. The van der Waals surface area contributed by atoms with Crippen molar-refractivity contribution in [1.29, 1.82) is 0 Å². The third kappa shape index (κ3) is 2.39. The molecule has 17 heavy (non-hydrogen) atoms. The normalized spacial score (nSPS) is 10.2. The number of nitrogens with one attached hydrogen (secondary N) is 2. The number of aromatic nitrogens is 2. The Morgan fingerprint density at radius 2 is 2.29 bits per heavy atom. The highest BCUT2D eigenvalue weighted by Gasteiger charge is 2.12. The van der Waals surface area contributed by atoms with Gasteiger partial charge in [0.15, 0.2) is 0 Å². The number of nitrogen functional groups attached to an aromatic ring is 1. The van der Waals surface area contributed by atoms with Crippen LogP contribution in [0, 0.1) is 6.92 Å². The van der Waals surface area contributed by atoms with Gasteiger partial charge in [-0.15, -0.1) is 0 Å². The molecule has 5 nitrogen and oxygen atoms in total. The molecule has 0 spiro atoms. The molecule has 0 atom stereocenters. The highest BCUT2D eigenvalue weighted by atomic mass is 35.5. The minimum absolute atomic E-state index is 0.249. The number of aryl methyl sites for hydroxylation is 1. The van der Waals surface area contributed by atoms with Crippen molar-refractivity contribution < 1.29 is 4.79 Å². The first kappa shape index (κ1) is 11.5. The maximum atomic E-state index is 11.8. The summed E-state index contributed by atoms with van der Waals surface area (Å²) in [5.74, 6) is -0.328. The standard InChI is InChI=1S/C11H11ClN4O/c1-6-4-7(12)2-3-9(6)15-11(17)10-8(13)5-14-16-10/h2-5H,13H2,1H3,(H,14,16)(H,15,17). The molecule has 0 radical (unpaired) electrons. The number of amides is 1. The van der Waals surface area contributed by atoms with Gasteiger partial charge in [-0.3, -0.25) is 9.89 Å². The number of H-pyrrole nitrogens is 1. The van der Waals surface area contributed by atoms with Gasteiger partial charge >= 0.3 is 0 Å². The van der Waals surface area contributed by atoms with Crippen molar-refractivity contribution >= 4 is 28.9 Å². The van der Waals surface area contributed by atoms with Crippen LogP contribution in [0.15, 0.2) is 24.4 Å². The molecular formula is C11H11ClN4O. The van der Waals surface area contributed by atoms with Crippen LogP contribution >= 0.6 is 11.6 Å². The molecule has 1 aromatic heterocycles. The van der Waals surface area contributed by atoms with E-state index < -0.39 is 0 Å². The van der Waals surface area contributed by atoms with E-state index in [9.17, 15) is 4.79 Å². The smallest absolute Gasteiger partial charge is 0.275 e. The van der Waals surface area contributed by atoms with E-state index in [1.54, 1.807) is 18.2 Å². The summed E-state index contributed by atoms with van der Waals surface area (Å²) in [6.07, 6.45) is 1.39. The number of aromatic amines is 1. The molecule has 0 saturated carbocycles. The fourth-order valence-corrected chi connectivity index (χ4v) is 1.66. The van der Waals surface area contributed by atoms with Crippen molar-refractivity contribution in [3.8, 4) is 0 Å². The summed E-state index contributed by atoms with van der Waals surface area (Å²) in [5.41, 5.74) is 7.71. The molecule has 0 unspecified atom stereocenters.